The van der Waals surface area contributed by atoms with E-state index in [9.17, 15) is 20.4 Å². The van der Waals surface area contributed by atoms with Crippen LogP contribution in [-0.2, 0) is 0 Å². The number of rotatable bonds is 3. The lowest BCUT2D eigenvalue weighted by Crippen LogP contribution is -2.07. The van der Waals surface area contributed by atoms with Gasteiger partial charge in [0, 0.05) is 23.5 Å². The lowest BCUT2D eigenvalue weighted by atomic mass is 10.1. The number of benzene rings is 2. The van der Waals surface area contributed by atoms with Crippen molar-refractivity contribution in [2.45, 2.75) is 13.8 Å². The molecule has 146 valence electrons. The fourth-order valence-electron chi connectivity index (χ4n) is 2.84. The van der Waals surface area contributed by atoms with Crippen LogP contribution in [0.4, 0.5) is 0 Å². The maximum Gasteiger partial charge on any atom is 0.254 e. The lowest BCUT2D eigenvalue weighted by Gasteiger charge is -2.12. The van der Waals surface area contributed by atoms with Gasteiger partial charge in [0.2, 0.25) is 0 Å². The SMILES string of the molecule is Cc1c(O)ccc(-c2nc(-c3ccc(O)c(C)c3O)nc(-n3cccn3)n2)c1O. The summed E-state index contributed by atoms with van der Waals surface area (Å²) in [5.41, 5.74) is 1.14. The van der Waals surface area contributed by atoms with Gasteiger partial charge in [-0.3, -0.25) is 0 Å². The smallest absolute Gasteiger partial charge is 0.254 e. The molecule has 0 aliphatic heterocycles. The minimum absolute atomic E-state index is 0.0559. The Morgan fingerprint density at radius 2 is 1.24 bits per heavy atom. The Labute approximate surface area is 165 Å². The van der Waals surface area contributed by atoms with E-state index in [0.29, 0.717) is 0 Å². The molecule has 9 heteroatoms. The second-order valence-corrected chi connectivity index (χ2v) is 6.44. The molecule has 0 atom stereocenters. The van der Waals surface area contributed by atoms with Gasteiger partial charge in [-0.15, -0.1) is 0 Å². The average molecular weight is 391 g/mol. The second kappa shape index (κ2) is 6.79. The van der Waals surface area contributed by atoms with Crippen molar-refractivity contribution in [1.82, 2.24) is 24.7 Å². The molecule has 9 nitrogen and oxygen atoms in total. The van der Waals surface area contributed by atoms with Crippen LogP contribution in [0.2, 0.25) is 0 Å². The van der Waals surface area contributed by atoms with E-state index in [1.54, 1.807) is 32.3 Å². The molecule has 29 heavy (non-hydrogen) atoms. The zero-order valence-electron chi connectivity index (χ0n) is 15.6. The van der Waals surface area contributed by atoms with Crippen molar-refractivity contribution in [3.8, 4) is 51.7 Å². The molecule has 0 aliphatic rings. The van der Waals surface area contributed by atoms with E-state index in [0.717, 1.165) is 0 Å². The molecule has 0 saturated heterocycles. The first-order valence-corrected chi connectivity index (χ1v) is 8.66. The molecule has 0 aliphatic carbocycles. The summed E-state index contributed by atoms with van der Waals surface area (Å²) in [6, 6.07) is 7.55. The molecule has 0 amide bonds. The highest BCUT2D eigenvalue weighted by Gasteiger charge is 2.19. The van der Waals surface area contributed by atoms with Crippen molar-refractivity contribution in [1.29, 1.82) is 0 Å². The number of nitrogens with zero attached hydrogens (tertiary/aromatic N) is 5. The molecule has 2 aromatic carbocycles. The fraction of sp³-hybridized carbons (Fsp3) is 0.100. The van der Waals surface area contributed by atoms with E-state index in [1.165, 1.54) is 28.9 Å². The van der Waals surface area contributed by atoms with E-state index in [-0.39, 0.29) is 62.8 Å². The Kier molecular flexibility index (Phi) is 4.27. The van der Waals surface area contributed by atoms with Gasteiger partial charge < -0.3 is 20.4 Å². The quantitative estimate of drug-likeness (QED) is 0.418. The second-order valence-electron chi connectivity index (χ2n) is 6.44. The average Bonchev–Trinajstić information content (AvgIpc) is 3.25. The first-order valence-electron chi connectivity index (χ1n) is 8.66. The minimum atomic E-state index is -0.167. The van der Waals surface area contributed by atoms with Gasteiger partial charge in [-0.1, -0.05) is 0 Å². The van der Waals surface area contributed by atoms with Gasteiger partial charge in [0.15, 0.2) is 11.6 Å². The van der Waals surface area contributed by atoms with Crippen LogP contribution < -0.4 is 0 Å². The summed E-state index contributed by atoms with van der Waals surface area (Å²) >= 11 is 0. The maximum absolute atomic E-state index is 10.5. The summed E-state index contributed by atoms with van der Waals surface area (Å²) in [6.07, 6.45) is 3.21. The van der Waals surface area contributed by atoms with Crippen molar-refractivity contribution in [2.75, 3.05) is 0 Å². The fourth-order valence-corrected chi connectivity index (χ4v) is 2.84. The van der Waals surface area contributed by atoms with Crippen molar-refractivity contribution < 1.29 is 20.4 Å². The summed E-state index contributed by atoms with van der Waals surface area (Å²) in [5, 5.41) is 44.7. The largest absolute Gasteiger partial charge is 0.508 e. The Morgan fingerprint density at radius 1 is 0.724 bits per heavy atom. The van der Waals surface area contributed by atoms with Crippen LogP contribution in [0.25, 0.3) is 28.7 Å². The van der Waals surface area contributed by atoms with Crippen molar-refractivity contribution in [3.63, 3.8) is 0 Å². The highest BCUT2D eigenvalue weighted by molar-refractivity contribution is 5.73. The van der Waals surface area contributed by atoms with E-state index >= 15 is 0 Å². The highest BCUT2D eigenvalue weighted by Crippen LogP contribution is 2.38. The topological polar surface area (TPSA) is 137 Å². The highest BCUT2D eigenvalue weighted by atomic mass is 16.3. The molecule has 0 unspecified atom stereocenters. The molecule has 0 bridgehead atoms. The summed E-state index contributed by atoms with van der Waals surface area (Å²) in [4.78, 5) is 13.2. The third-order valence-electron chi connectivity index (χ3n) is 4.62. The number of aromatic nitrogens is 5. The summed E-state index contributed by atoms with van der Waals surface area (Å²) in [5.74, 6) is -0.0127. The van der Waals surface area contributed by atoms with Crippen LogP contribution >= 0.6 is 0 Å². The number of phenolic OH excluding ortho intramolecular Hbond substituents is 4. The third-order valence-corrected chi connectivity index (χ3v) is 4.62. The Bertz CT molecular complexity index is 1150. The van der Waals surface area contributed by atoms with Crippen molar-refractivity contribution >= 4 is 0 Å². The van der Waals surface area contributed by atoms with Crippen LogP contribution in [0, 0.1) is 13.8 Å². The zero-order valence-corrected chi connectivity index (χ0v) is 15.6. The Morgan fingerprint density at radius 3 is 1.69 bits per heavy atom. The van der Waals surface area contributed by atoms with Gasteiger partial charge in [0.05, 0.1) is 11.1 Å². The van der Waals surface area contributed by atoms with Gasteiger partial charge in [-0.2, -0.15) is 15.1 Å². The zero-order chi connectivity index (χ0) is 20.7. The first kappa shape index (κ1) is 18.2. The summed E-state index contributed by atoms with van der Waals surface area (Å²) in [6.45, 7) is 3.14. The molecule has 2 heterocycles. The minimum Gasteiger partial charge on any atom is -0.508 e. The predicted octanol–water partition coefficient (Wildman–Crippen LogP) is 2.83. The van der Waals surface area contributed by atoms with E-state index < -0.39 is 0 Å². The maximum atomic E-state index is 10.5. The molecular formula is C20H17N5O4. The van der Waals surface area contributed by atoms with Crippen LogP contribution in [0.1, 0.15) is 11.1 Å². The van der Waals surface area contributed by atoms with Crippen LogP contribution in [0.15, 0.2) is 42.7 Å². The van der Waals surface area contributed by atoms with Crippen molar-refractivity contribution in [2.24, 2.45) is 0 Å². The predicted molar refractivity (Wildman–Crippen MR) is 104 cm³/mol. The molecule has 4 rings (SSSR count). The monoisotopic (exact) mass is 391 g/mol. The van der Waals surface area contributed by atoms with Gasteiger partial charge in [-0.05, 0) is 44.2 Å². The van der Waals surface area contributed by atoms with Crippen LogP contribution in [-0.4, -0.2) is 45.2 Å². The Balaban J connectivity index is 1.99. The van der Waals surface area contributed by atoms with Gasteiger partial charge >= 0.3 is 0 Å². The third kappa shape index (κ3) is 3.08. The van der Waals surface area contributed by atoms with Crippen LogP contribution in [0.3, 0.4) is 0 Å². The molecule has 2 aromatic heterocycles. The summed E-state index contributed by atoms with van der Waals surface area (Å²) in [7, 11) is 0. The Hall–Kier alpha value is -4.14. The first-order chi connectivity index (χ1) is 13.9. The molecule has 4 N–H and O–H groups in total. The summed E-state index contributed by atoms with van der Waals surface area (Å²) < 4.78 is 1.42. The number of hydrogen-bond donors (Lipinski definition) is 4. The van der Waals surface area contributed by atoms with Gasteiger partial charge in [0.1, 0.15) is 23.0 Å². The van der Waals surface area contributed by atoms with Gasteiger partial charge in [-0.25, -0.2) is 9.67 Å². The molecule has 0 radical (unpaired) electrons. The normalized spacial score (nSPS) is 11.0. The van der Waals surface area contributed by atoms with E-state index in [4.69, 9.17) is 0 Å². The lowest BCUT2D eigenvalue weighted by molar-refractivity contribution is 0.443. The van der Waals surface area contributed by atoms with Crippen LogP contribution in [0.5, 0.6) is 23.0 Å². The molecule has 0 fully saturated rings. The van der Waals surface area contributed by atoms with Crippen molar-refractivity contribution in [3.05, 3.63) is 53.9 Å². The number of aromatic hydroxyl groups is 4. The number of hydrogen-bond acceptors (Lipinski definition) is 8. The van der Waals surface area contributed by atoms with Gasteiger partial charge in [0.25, 0.3) is 5.95 Å². The number of phenols is 4. The molecular weight excluding hydrogens is 374 g/mol. The van der Waals surface area contributed by atoms with E-state index in [2.05, 4.69) is 20.1 Å². The standard InChI is InChI=1S/C20H17N5O4/c1-10-14(26)6-4-12(16(10)28)18-22-19(13-5-7-15(27)11(2)17(13)29)24-20(23-18)25-9-3-8-21-25/h3-9,26-29H,1-2H3. The molecule has 4 aromatic rings. The molecule has 0 saturated carbocycles. The molecule has 0 spiro atoms. The van der Waals surface area contributed by atoms with E-state index in [1.807, 2.05) is 0 Å².